The molecule has 0 aromatic heterocycles. The van der Waals surface area contributed by atoms with Crippen LogP contribution in [0.1, 0.15) is 61.1 Å². The van der Waals surface area contributed by atoms with Gasteiger partial charge in [-0.15, -0.1) is 0 Å². The summed E-state index contributed by atoms with van der Waals surface area (Å²) in [4.78, 5) is 26.7. The number of ether oxygens (including phenoxy) is 2. The monoisotopic (exact) mass is 625 g/mol. The molecule has 0 aliphatic carbocycles. The fourth-order valence-electron chi connectivity index (χ4n) is 5.14. The van der Waals surface area contributed by atoms with E-state index in [1.807, 2.05) is 0 Å². The standard InChI is InChI=1S/C31H29F6NO5.CH4/c1-20(23-14-25(30(32,33)34)16-26(15-23)31(35,36)37)43-19-29(24-10-6-3-7-11-24)13-12-22(27(39)40)17-38(29)28(41)42-18-21-8-4-2-5-9-21;/h2-11,14-16,20,22H,12-13,17-19H2,1H3,(H,39,40);1H4/t20-,22?,29-;/m1./s1. The molecule has 0 saturated carbocycles. The number of rotatable bonds is 8. The number of hydrogen-bond donors (Lipinski definition) is 1. The van der Waals surface area contributed by atoms with Gasteiger partial charge in [-0.25, -0.2) is 4.79 Å². The number of carbonyl (C=O) groups is 2. The van der Waals surface area contributed by atoms with E-state index in [0.717, 1.165) is 0 Å². The van der Waals surface area contributed by atoms with Crippen LogP contribution < -0.4 is 0 Å². The highest BCUT2D eigenvalue weighted by Gasteiger charge is 2.48. The Kier molecular flexibility index (Phi) is 10.7. The number of halogens is 6. The third kappa shape index (κ3) is 7.90. The first kappa shape index (κ1) is 34.4. The van der Waals surface area contributed by atoms with Gasteiger partial charge in [-0.3, -0.25) is 9.69 Å². The molecule has 4 rings (SSSR count). The van der Waals surface area contributed by atoms with E-state index in [2.05, 4.69) is 0 Å². The number of nitrogens with zero attached hydrogens (tertiary/aromatic N) is 1. The summed E-state index contributed by atoms with van der Waals surface area (Å²) < 4.78 is 92.4. The van der Waals surface area contributed by atoms with Crippen LogP contribution in [0, 0.1) is 5.92 Å². The van der Waals surface area contributed by atoms with Gasteiger partial charge >= 0.3 is 24.4 Å². The normalized spacial score (nSPS) is 19.5. The average molecular weight is 626 g/mol. The quantitative estimate of drug-likeness (QED) is 0.254. The maximum Gasteiger partial charge on any atom is 0.416 e. The first-order valence-electron chi connectivity index (χ1n) is 13.4. The summed E-state index contributed by atoms with van der Waals surface area (Å²) in [5.74, 6) is -2.06. The Morgan fingerprint density at radius 2 is 1.48 bits per heavy atom. The fourth-order valence-corrected chi connectivity index (χ4v) is 5.14. The maximum absolute atomic E-state index is 13.6. The third-order valence-corrected chi connectivity index (χ3v) is 7.56. The number of aliphatic carboxylic acids is 1. The molecule has 3 atom stereocenters. The SMILES string of the molecule is C.C[C@@H](OC[C@@]1(c2ccccc2)CCC(C(=O)O)CN1C(=O)OCc1ccccc1)c1cc(C(F)(F)F)cc(C(F)(F)F)c1. The van der Waals surface area contributed by atoms with Gasteiger partial charge in [-0.1, -0.05) is 68.1 Å². The first-order valence-corrected chi connectivity index (χ1v) is 13.4. The van der Waals surface area contributed by atoms with Crippen LogP contribution in [-0.2, 0) is 38.8 Å². The van der Waals surface area contributed by atoms with Crippen molar-refractivity contribution in [3.05, 3.63) is 107 Å². The van der Waals surface area contributed by atoms with Gasteiger partial charge in [0.2, 0.25) is 0 Å². The van der Waals surface area contributed by atoms with Gasteiger partial charge in [0.25, 0.3) is 0 Å². The van der Waals surface area contributed by atoms with E-state index in [9.17, 15) is 41.0 Å². The van der Waals surface area contributed by atoms with E-state index >= 15 is 0 Å². The van der Waals surface area contributed by atoms with Crippen molar-refractivity contribution >= 4 is 12.1 Å². The zero-order valence-corrected chi connectivity index (χ0v) is 23.0. The molecule has 238 valence electrons. The number of benzene rings is 3. The molecule has 1 saturated heterocycles. The number of hydrogen-bond acceptors (Lipinski definition) is 4. The Balaban J connectivity index is 0.00000529. The van der Waals surface area contributed by atoms with Crippen LogP contribution in [0.4, 0.5) is 31.1 Å². The Morgan fingerprint density at radius 1 is 0.932 bits per heavy atom. The second kappa shape index (κ2) is 13.7. The van der Waals surface area contributed by atoms with Gasteiger partial charge in [0.05, 0.1) is 35.3 Å². The predicted molar refractivity (Wildman–Crippen MR) is 149 cm³/mol. The molecule has 0 radical (unpaired) electrons. The highest BCUT2D eigenvalue weighted by molar-refractivity contribution is 5.74. The Hall–Kier alpha value is -4.06. The Bertz CT molecular complexity index is 1380. The van der Waals surface area contributed by atoms with E-state index in [-0.39, 0.29) is 51.7 Å². The van der Waals surface area contributed by atoms with E-state index in [4.69, 9.17) is 9.47 Å². The van der Waals surface area contributed by atoms with Crippen LogP contribution in [0.25, 0.3) is 0 Å². The van der Waals surface area contributed by atoms with Crippen molar-refractivity contribution in [2.45, 2.75) is 57.8 Å². The predicted octanol–water partition coefficient (Wildman–Crippen LogP) is 8.47. The lowest BCUT2D eigenvalue weighted by atomic mass is 9.78. The number of alkyl halides is 6. The van der Waals surface area contributed by atoms with Crippen LogP contribution in [0.15, 0.2) is 78.9 Å². The maximum atomic E-state index is 13.6. The zero-order valence-electron chi connectivity index (χ0n) is 23.0. The van der Waals surface area contributed by atoms with Gasteiger partial charge in [0.1, 0.15) is 6.61 Å². The summed E-state index contributed by atoms with van der Waals surface area (Å²) in [6.07, 6.45) is -12.0. The van der Waals surface area contributed by atoms with Crippen molar-refractivity contribution < 1.29 is 50.5 Å². The van der Waals surface area contributed by atoms with Crippen LogP contribution in [0.3, 0.4) is 0 Å². The molecule has 1 unspecified atom stereocenters. The first-order chi connectivity index (χ1) is 20.2. The number of carboxylic acid groups (broad SMARTS) is 1. The summed E-state index contributed by atoms with van der Waals surface area (Å²) in [5.41, 5.74) is -3.41. The van der Waals surface area contributed by atoms with Crippen molar-refractivity contribution in [2.75, 3.05) is 13.2 Å². The molecule has 3 aromatic carbocycles. The van der Waals surface area contributed by atoms with E-state index in [1.165, 1.54) is 11.8 Å². The molecule has 1 heterocycles. The summed E-state index contributed by atoms with van der Waals surface area (Å²) in [5, 5.41) is 9.74. The van der Waals surface area contributed by atoms with E-state index in [1.54, 1.807) is 60.7 Å². The Labute approximate surface area is 251 Å². The Morgan fingerprint density at radius 3 is 2.00 bits per heavy atom. The number of likely N-dealkylation sites (tertiary alicyclic amines) is 1. The fraction of sp³-hybridized carbons (Fsp3) is 0.375. The lowest BCUT2D eigenvalue weighted by molar-refractivity contribution is -0.147. The van der Waals surface area contributed by atoms with Crippen LogP contribution in [0.5, 0.6) is 0 Å². The number of carbonyl (C=O) groups excluding carboxylic acids is 1. The summed E-state index contributed by atoms with van der Waals surface area (Å²) in [7, 11) is 0. The third-order valence-electron chi connectivity index (χ3n) is 7.56. The molecule has 1 aliphatic heterocycles. The van der Waals surface area contributed by atoms with Crippen molar-refractivity contribution in [1.82, 2.24) is 4.90 Å². The molecule has 0 spiro atoms. The average Bonchev–Trinajstić information content (AvgIpc) is 2.98. The van der Waals surface area contributed by atoms with Crippen molar-refractivity contribution in [3.63, 3.8) is 0 Å². The van der Waals surface area contributed by atoms with E-state index in [0.29, 0.717) is 23.3 Å². The number of amides is 1. The van der Waals surface area contributed by atoms with Gasteiger partial charge in [-0.05, 0) is 54.7 Å². The molecule has 1 fully saturated rings. The zero-order chi connectivity index (χ0) is 31.4. The molecule has 1 aliphatic rings. The number of carboxylic acids is 1. The topological polar surface area (TPSA) is 76.1 Å². The summed E-state index contributed by atoms with van der Waals surface area (Å²) in [6.45, 7) is 0.593. The van der Waals surface area contributed by atoms with Crippen LogP contribution in [-0.4, -0.2) is 35.2 Å². The van der Waals surface area contributed by atoms with Crippen LogP contribution in [0.2, 0.25) is 0 Å². The number of piperidine rings is 1. The van der Waals surface area contributed by atoms with Gasteiger partial charge in [0.15, 0.2) is 0 Å². The van der Waals surface area contributed by atoms with Gasteiger partial charge in [0, 0.05) is 6.54 Å². The van der Waals surface area contributed by atoms with Crippen molar-refractivity contribution in [2.24, 2.45) is 5.92 Å². The van der Waals surface area contributed by atoms with Gasteiger partial charge < -0.3 is 14.6 Å². The summed E-state index contributed by atoms with van der Waals surface area (Å²) >= 11 is 0. The largest absolute Gasteiger partial charge is 0.481 e. The second-order valence-electron chi connectivity index (χ2n) is 10.4. The molecule has 44 heavy (non-hydrogen) atoms. The molecule has 0 bridgehead atoms. The smallest absolute Gasteiger partial charge is 0.416 e. The minimum Gasteiger partial charge on any atom is -0.481 e. The highest BCUT2D eigenvalue weighted by Crippen LogP contribution is 2.43. The molecule has 1 amide bonds. The van der Waals surface area contributed by atoms with Gasteiger partial charge in [-0.2, -0.15) is 26.3 Å². The van der Waals surface area contributed by atoms with E-state index < -0.39 is 53.1 Å². The second-order valence-corrected chi connectivity index (χ2v) is 10.4. The van der Waals surface area contributed by atoms with Crippen molar-refractivity contribution in [3.8, 4) is 0 Å². The lowest BCUT2D eigenvalue weighted by Gasteiger charge is -2.48. The molecule has 3 aromatic rings. The lowest BCUT2D eigenvalue weighted by Crippen LogP contribution is -2.58. The minimum absolute atomic E-state index is 0. The molecule has 1 N–H and O–H groups in total. The molecule has 6 nitrogen and oxygen atoms in total. The van der Waals surface area contributed by atoms with Crippen molar-refractivity contribution in [1.29, 1.82) is 0 Å². The summed E-state index contributed by atoms with van der Waals surface area (Å²) in [6, 6.07) is 18.5. The molecular formula is C32H33F6NO5. The molecular weight excluding hydrogens is 592 g/mol. The minimum atomic E-state index is -5.03. The van der Waals surface area contributed by atoms with Crippen LogP contribution >= 0.6 is 0 Å². The molecule has 12 heteroatoms. The highest BCUT2D eigenvalue weighted by atomic mass is 19.4.